The second-order valence-corrected chi connectivity index (χ2v) is 5.08. The Hall–Kier alpha value is -0.570. The van der Waals surface area contributed by atoms with E-state index in [4.69, 9.17) is 5.11 Å². The molecule has 0 radical (unpaired) electrons. The van der Waals surface area contributed by atoms with Crippen molar-refractivity contribution in [3.05, 3.63) is 0 Å². The molecule has 0 bridgehead atoms. The van der Waals surface area contributed by atoms with Crippen molar-refractivity contribution in [1.29, 1.82) is 0 Å². The van der Waals surface area contributed by atoms with Crippen LogP contribution in [0.25, 0.3) is 0 Å². The average Bonchev–Trinajstić information content (AvgIpc) is 2.25. The summed E-state index contributed by atoms with van der Waals surface area (Å²) in [7, 11) is 0. The highest BCUT2D eigenvalue weighted by Crippen LogP contribution is 2.16. The highest BCUT2D eigenvalue weighted by Gasteiger charge is 2.14. The van der Waals surface area contributed by atoms with Crippen molar-refractivity contribution in [2.75, 3.05) is 19.6 Å². The molecular formula is C13H25NO2. The van der Waals surface area contributed by atoms with Gasteiger partial charge in [-0.3, -0.25) is 4.79 Å². The Balaban J connectivity index is 1.89. The topological polar surface area (TPSA) is 40.5 Å². The summed E-state index contributed by atoms with van der Waals surface area (Å²) < 4.78 is 0. The van der Waals surface area contributed by atoms with Crippen molar-refractivity contribution < 1.29 is 9.90 Å². The molecule has 0 amide bonds. The first-order valence-corrected chi connectivity index (χ1v) is 6.62. The summed E-state index contributed by atoms with van der Waals surface area (Å²) in [6, 6.07) is 0. The number of carboxylic acids is 1. The van der Waals surface area contributed by atoms with Gasteiger partial charge in [0.15, 0.2) is 0 Å². The minimum absolute atomic E-state index is 0.335. The minimum Gasteiger partial charge on any atom is -0.481 e. The summed E-state index contributed by atoms with van der Waals surface area (Å²) >= 11 is 0. The highest BCUT2D eigenvalue weighted by atomic mass is 16.4. The van der Waals surface area contributed by atoms with E-state index in [0.717, 1.165) is 18.8 Å². The molecule has 3 nitrogen and oxygen atoms in total. The molecule has 0 unspecified atom stereocenters. The largest absolute Gasteiger partial charge is 0.481 e. The third-order valence-electron chi connectivity index (χ3n) is 3.49. The van der Waals surface area contributed by atoms with Gasteiger partial charge in [-0.15, -0.1) is 0 Å². The van der Waals surface area contributed by atoms with Crippen LogP contribution in [0.5, 0.6) is 0 Å². The first-order chi connectivity index (χ1) is 7.68. The summed E-state index contributed by atoms with van der Waals surface area (Å²) in [5.74, 6) is 0.247. The van der Waals surface area contributed by atoms with Crippen LogP contribution in [0.2, 0.25) is 0 Å². The van der Waals surface area contributed by atoms with Gasteiger partial charge in [0.2, 0.25) is 0 Å². The molecule has 94 valence electrons. The molecule has 1 aliphatic rings. The fourth-order valence-electron chi connectivity index (χ4n) is 2.25. The van der Waals surface area contributed by atoms with Gasteiger partial charge in [-0.1, -0.05) is 19.8 Å². The Labute approximate surface area is 98.8 Å². The monoisotopic (exact) mass is 227 g/mol. The first kappa shape index (κ1) is 13.5. The zero-order valence-electron chi connectivity index (χ0n) is 10.5. The minimum atomic E-state index is -0.662. The van der Waals surface area contributed by atoms with Gasteiger partial charge in [-0.2, -0.15) is 0 Å². The standard InChI is InChI=1S/C13H25NO2/c1-12-7-10-14(11-8-12)9-5-3-2-4-6-13(15)16/h12H,2-11H2,1H3,(H,15,16). The van der Waals surface area contributed by atoms with Crippen LogP contribution in [0, 0.1) is 5.92 Å². The lowest BCUT2D eigenvalue weighted by Gasteiger charge is -2.30. The maximum Gasteiger partial charge on any atom is 0.303 e. The first-order valence-electron chi connectivity index (χ1n) is 6.62. The Morgan fingerprint density at radius 2 is 1.81 bits per heavy atom. The van der Waals surface area contributed by atoms with Crippen LogP contribution in [-0.4, -0.2) is 35.6 Å². The van der Waals surface area contributed by atoms with Crippen LogP contribution in [0.4, 0.5) is 0 Å². The van der Waals surface area contributed by atoms with E-state index in [1.165, 1.54) is 45.3 Å². The van der Waals surface area contributed by atoms with Gasteiger partial charge in [0.1, 0.15) is 0 Å². The number of carbonyl (C=O) groups is 1. The maximum atomic E-state index is 10.3. The number of likely N-dealkylation sites (tertiary alicyclic amines) is 1. The van der Waals surface area contributed by atoms with Crippen LogP contribution >= 0.6 is 0 Å². The smallest absolute Gasteiger partial charge is 0.303 e. The predicted octanol–water partition coefficient (Wildman–Crippen LogP) is 2.75. The third-order valence-corrected chi connectivity index (χ3v) is 3.49. The van der Waals surface area contributed by atoms with Crippen molar-refractivity contribution in [1.82, 2.24) is 4.90 Å². The number of piperidine rings is 1. The lowest BCUT2D eigenvalue weighted by molar-refractivity contribution is -0.137. The molecule has 0 aliphatic carbocycles. The van der Waals surface area contributed by atoms with Crippen LogP contribution in [0.3, 0.4) is 0 Å². The zero-order valence-corrected chi connectivity index (χ0v) is 10.5. The number of hydrogen-bond acceptors (Lipinski definition) is 2. The quantitative estimate of drug-likeness (QED) is 0.680. The van der Waals surface area contributed by atoms with Crippen LogP contribution < -0.4 is 0 Å². The Bertz CT molecular complexity index is 198. The summed E-state index contributed by atoms with van der Waals surface area (Å²) in [4.78, 5) is 12.9. The second-order valence-electron chi connectivity index (χ2n) is 5.08. The fraction of sp³-hybridized carbons (Fsp3) is 0.923. The van der Waals surface area contributed by atoms with E-state index in [1.54, 1.807) is 0 Å². The zero-order chi connectivity index (χ0) is 11.8. The van der Waals surface area contributed by atoms with Crippen molar-refractivity contribution in [2.45, 2.75) is 51.9 Å². The molecule has 0 aromatic heterocycles. The molecule has 1 N–H and O–H groups in total. The molecular weight excluding hydrogens is 202 g/mol. The summed E-state index contributed by atoms with van der Waals surface area (Å²) in [5.41, 5.74) is 0. The highest BCUT2D eigenvalue weighted by molar-refractivity contribution is 5.66. The Morgan fingerprint density at radius 3 is 2.44 bits per heavy atom. The molecule has 1 rings (SSSR count). The second kappa shape index (κ2) is 7.66. The van der Waals surface area contributed by atoms with Gasteiger partial charge < -0.3 is 10.0 Å². The third kappa shape index (κ3) is 6.11. The van der Waals surface area contributed by atoms with E-state index < -0.39 is 5.97 Å². The molecule has 16 heavy (non-hydrogen) atoms. The van der Waals surface area contributed by atoms with Gasteiger partial charge in [-0.25, -0.2) is 0 Å². The Kier molecular flexibility index (Phi) is 6.46. The van der Waals surface area contributed by atoms with Gasteiger partial charge in [0, 0.05) is 6.42 Å². The van der Waals surface area contributed by atoms with Crippen molar-refractivity contribution in [2.24, 2.45) is 5.92 Å². The van der Waals surface area contributed by atoms with Crippen molar-refractivity contribution >= 4 is 5.97 Å². The Morgan fingerprint density at radius 1 is 1.19 bits per heavy atom. The van der Waals surface area contributed by atoms with Crippen LogP contribution in [0.15, 0.2) is 0 Å². The van der Waals surface area contributed by atoms with Crippen molar-refractivity contribution in [3.63, 3.8) is 0 Å². The van der Waals surface area contributed by atoms with Crippen LogP contribution in [0.1, 0.15) is 51.9 Å². The van der Waals surface area contributed by atoms with E-state index >= 15 is 0 Å². The summed E-state index contributed by atoms with van der Waals surface area (Å²) in [5, 5.41) is 8.49. The van der Waals surface area contributed by atoms with E-state index in [9.17, 15) is 4.79 Å². The molecule has 1 aliphatic heterocycles. The number of rotatable bonds is 7. The van der Waals surface area contributed by atoms with Gasteiger partial charge in [-0.05, 0) is 51.2 Å². The molecule has 1 saturated heterocycles. The number of nitrogens with zero attached hydrogens (tertiary/aromatic N) is 1. The number of carboxylic acid groups (broad SMARTS) is 1. The number of hydrogen-bond donors (Lipinski definition) is 1. The maximum absolute atomic E-state index is 10.3. The molecule has 3 heteroatoms. The molecule has 0 atom stereocenters. The molecule has 0 spiro atoms. The molecule has 0 aromatic carbocycles. The molecule has 1 heterocycles. The lowest BCUT2D eigenvalue weighted by Crippen LogP contribution is -2.33. The van der Waals surface area contributed by atoms with E-state index in [2.05, 4.69) is 11.8 Å². The van der Waals surface area contributed by atoms with Crippen LogP contribution in [-0.2, 0) is 4.79 Å². The van der Waals surface area contributed by atoms with Gasteiger partial charge in [0.05, 0.1) is 0 Å². The number of aliphatic carboxylic acids is 1. The van der Waals surface area contributed by atoms with Gasteiger partial charge >= 0.3 is 5.97 Å². The summed E-state index contributed by atoms with van der Waals surface area (Å²) in [6.07, 6.45) is 7.34. The normalized spacial score (nSPS) is 18.8. The summed E-state index contributed by atoms with van der Waals surface area (Å²) in [6.45, 7) is 6.07. The SMILES string of the molecule is CC1CCN(CCCCCCC(=O)O)CC1. The van der Waals surface area contributed by atoms with E-state index in [0.29, 0.717) is 6.42 Å². The van der Waals surface area contributed by atoms with Gasteiger partial charge in [0.25, 0.3) is 0 Å². The molecule has 0 saturated carbocycles. The predicted molar refractivity (Wildman–Crippen MR) is 65.6 cm³/mol. The molecule has 1 fully saturated rings. The lowest BCUT2D eigenvalue weighted by atomic mass is 9.99. The van der Waals surface area contributed by atoms with E-state index in [1.807, 2.05) is 0 Å². The molecule has 0 aromatic rings. The van der Waals surface area contributed by atoms with E-state index in [-0.39, 0.29) is 0 Å². The number of unbranched alkanes of at least 4 members (excludes halogenated alkanes) is 3. The fourth-order valence-corrected chi connectivity index (χ4v) is 2.25. The average molecular weight is 227 g/mol. The van der Waals surface area contributed by atoms with Crippen molar-refractivity contribution in [3.8, 4) is 0 Å².